The lowest BCUT2D eigenvalue weighted by Gasteiger charge is -2.48. The lowest BCUT2D eigenvalue weighted by molar-refractivity contribution is -0.315. The molecule has 3 N–H and O–H groups in total. The van der Waals surface area contributed by atoms with Crippen molar-refractivity contribution in [2.45, 2.75) is 62.4 Å². The van der Waals surface area contributed by atoms with Gasteiger partial charge in [0.15, 0.2) is 0 Å². The van der Waals surface area contributed by atoms with Crippen molar-refractivity contribution in [3.05, 3.63) is 77.5 Å². The Kier molecular flexibility index (Phi) is 5.73. The van der Waals surface area contributed by atoms with Crippen LogP contribution in [-0.2, 0) is 32.0 Å². The molecule has 0 unspecified atom stereocenters. The number of H-pyrrole nitrogens is 1. The maximum atomic E-state index is 14.2. The summed E-state index contributed by atoms with van der Waals surface area (Å²) >= 11 is 0. The predicted octanol–water partition coefficient (Wildman–Crippen LogP) is 1.99. The van der Waals surface area contributed by atoms with Crippen LogP contribution in [0.2, 0.25) is 0 Å². The predicted molar refractivity (Wildman–Crippen MR) is 158 cm³/mol. The third kappa shape index (κ3) is 3.79. The van der Waals surface area contributed by atoms with E-state index in [-0.39, 0.29) is 24.3 Å². The van der Waals surface area contributed by atoms with Crippen molar-refractivity contribution in [2.24, 2.45) is 5.92 Å². The molecule has 6 atom stereocenters. The minimum atomic E-state index is -2.04. The third-order valence-corrected chi connectivity index (χ3v) is 10.1. The smallest absolute Gasteiger partial charge is 0.280 e. The number of ether oxygens (including phenoxy) is 1. The fraction of sp³-hybridized carbons (Fsp3) is 0.424. The molecule has 222 valence electrons. The Bertz CT molecular complexity index is 1700. The highest BCUT2D eigenvalue weighted by Gasteiger charge is 2.70. The number of hydrogen-bond donors (Lipinski definition) is 3. The van der Waals surface area contributed by atoms with E-state index in [1.807, 2.05) is 49.5 Å². The molecule has 1 aliphatic carbocycles. The average molecular weight is 582 g/mol. The van der Waals surface area contributed by atoms with Crippen molar-refractivity contribution >= 4 is 34.2 Å². The number of nitrogens with zero attached hydrogens (tertiary/aromatic N) is 3. The molecule has 5 aliphatic rings. The summed E-state index contributed by atoms with van der Waals surface area (Å²) in [6, 6.07) is 14.1. The number of aromatic amines is 1. The van der Waals surface area contributed by atoms with E-state index in [4.69, 9.17) is 4.74 Å². The van der Waals surface area contributed by atoms with Gasteiger partial charge in [0.2, 0.25) is 17.5 Å². The van der Waals surface area contributed by atoms with Gasteiger partial charge in [-0.05, 0) is 61.6 Å². The highest BCUT2D eigenvalue weighted by molar-refractivity contribution is 6.00. The van der Waals surface area contributed by atoms with Crippen molar-refractivity contribution in [1.82, 2.24) is 25.0 Å². The molecule has 0 bridgehead atoms. The molecule has 4 aliphatic heterocycles. The zero-order valence-corrected chi connectivity index (χ0v) is 24.2. The number of benzene rings is 2. The summed E-state index contributed by atoms with van der Waals surface area (Å²) in [6.07, 6.45) is 6.38. The summed E-state index contributed by atoms with van der Waals surface area (Å²) in [6.45, 7) is 2.45. The van der Waals surface area contributed by atoms with Crippen LogP contribution >= 0.6 is 0 Å². The number of aliphatic hydroxyl groups is 1. The maximum Gasteiger partial charge on any atom is 0.280 e. The molecule has 3 saturated heterocycles. The normalized spacial score (nSPS) is 33.3. The van der Waals surface area contributed by atoms with Crippen LogP contribution in [0, 0.1) is 5.92 Å². The van der Waals surface area contributed by atoms with Gasteiger partial charge >= 0.3 is 0 Å². The van der Waals surface area contributed by atoms with Gasteiger partial charge < -0.3 is 20.3 Å². The number of fused-ring (bicyclic) bond motifs is 5. The quantitative estimate of drug-likeness (QED) is 0.434. The van der Waals surface area contributed by atoms with Crippen LogP contribution in [0.3, 0.4) is 0 Å². The Morgan fingerprint density at radius 3 is 2.79 bits per heavy atom. The van der Waals surface area contributed by atoms with Crippen molar-refractivity contribution < 1.29 is 24.2 Å². The first-order valence-corrected chi connectivity index (χ1v) is 15.1. The average Bonchev–Trinajstić information content (AvgIpc) is 3.70. The Labute approximate surface area is 249 Å². The second kappa shape index (κ2) is 9.25. The van der Waals surface area contributed by atoms with Crippen LogP contribution < -0.4 is 5.32 Å². The van der Waals surface area contributed by atoms with Gasteiger partial charge in [0.25, 0.3) is 11.8 Å². The van der Waals surface area contributed by atoms with E-state index in [0.717, 1.165) is 28.6 Å². The molecule has 0 saturated carbocycles. The minimum Gasteiger partial charge on any atom is -0.361 e. The molecule has 1 aromatic heterocycles. The van der Waals surface area contributed by atoms with Crippen molar-refractivity contribution in [3.8, 4) is 0 Å². The first-order valence-electron chi connectivity index (χ1n) is 15.1. The van der Waals surface area contributed by atoms with Gasteiger partial charge in [-0.1, -0.05) is 48.5 Å². The van der Waals surface area contributed by atoms with Crippen LogP contribution in [0.25, 0.3) is 16.5 Å². The number of rotatable bonds is 4. The van der Waals surface area contributed by atoms with Gasteiger partial charge in [-0.2, -0.15) is 0 Å². The topological polar surface area (TPSA) is 118 Å². The van der Waals surface area contributed by atoms with Crippen molar-refractivity contribution in [2.75, 3.05) is 20.1 Å². The van der Waals surface area contributed by atoms with Crippen LogP contribution in [0.15, 0.2) is 60.8 Å². The van der Waals surface area contributed by atoms with Gasteiger partial charge in [-0.3, -0.25) is 28.9 Å². The molecule has 2 aromatic carbocycles. The summed E-state index contributed by atoms with van der Waals surface area (Å²) in [4.78, 5) is 50.2. The van der Waals surface area contributed by atoms with Crippen LogP contribution in [0.1, 0.15) is 36.5 Å². The van der Waals surface area contributed by atoms with Crippen molar-refractivity contribution in [1.29, 1.82) is 0 Å². The summed E-state index contributed by atoms with van der Waals surface area (Å²) in [7, 11) is 2.02. The highest BCUT2D eigenvalue weighted by Crippen LogP contribution is 2.46. The van der Waals surface area contributed by atoms with E-state index in [2.05, 4.69) is 33.5 Å². The van der Waals surface area contributed by atoms with E-state index in [1.165, 1.54) is 22.8 Å². The second-order valence-corrected chi connectivity index (χ2v) is 12.8. The lowest BCUT2D eigenvalue weighted by atomic mass is 9.79. The van der Waals surface area contributed by atoms with E-state index >= 15 is 0 Å². The largest absolute Gasteiger partial charge is 0.361 e. The Hall–Kier alpha value is -3.99. The first-order chi connectivity index (χ1) is 20.7. The zero-order valence-electron chi connectivity index (χ0n) is 24.2. The summed E-state index contributed by atoms with van der Waals surface area (Å²) < 4.78 is 6.23. The number of nitrogens with one attached hydrogen (secondary N) is 2. The van der Waals surface area contributed by atoms with E-state index in [9.17, 15) is 19.5 Å². The van der Waals surface area contributed by atoms with E-state index < -0.39 is 35.5 Å². The Morgan fingerprint density at radius 1 is 1.16 bits per heavy atom. The molecule has 8 rings (SSSR count). The van der Waals surface area contributed by atoms with Gasteiger partial charge in [0.05, 0.1) is 5.92 Å². The summed E-state index contributed by atoms with van der Waals surface area (Å²) in [5.74, 6) is -3.77. The number of hydrogen-bond acceptors (Lipinski definition) is 6. The van der Waals surface area contributed by atoms with Gasteiger partial charge in [0.1, 0.15) is 12.1 Å². The lowest BCUT2D eigenvalue weighted by Crippen LogP contribution is -2.71. The van der Waals surface area contributed by atoms with Crippen LogP contribution in [-0.4, -0.2) is 92.4 Å². The molecular weight excluding hydrogens is 546 g/mol. The number of amides is 3. The molecule has 43 heavy (non-hydrogen) atoms. The summed E-state index contributed by atoms with van der Waals surface area (Å²) in [5.41, 5.74) is 3.58. The zero-order chi connectivity index (χ0) is 29.7. The van der Waals surface area contributed by atoms with E-state index in [1.54, 1.807) is 4.90 Å². The molecule has 0 spiro atoms. The first kappa shape index (κ1) is 26.6. The molecule has 5 heterocycles. The Morgan fingerprint density at radius 2 is 1.98 bits per heavy atom. The van der Waals surface area contributed by atoms with Gasteiger partial charge in [-0.15, -0.1) is 0 Å². The molecular formula is C33H35N5O5. The number of aromatic nitrogens is 1. The highest BCUT2D eigenvalue weighted by atomic mass is 16.7. The van der Waals surface area contributed by atoms with Crippen LogP contribution in [0.5, 0.6) is 0 Å². The van der Waals surface area contributed by atoms with Crippen LogP contribution in [0.4, 0.5) is 0 Å². The fourth-order valence-corrected chi connectivity index (χ4v) is 8.12. The molecule has 0 radical (unpaired) electrons. The molecule has 3 amide bonds. The fourth-order valence-electron chi connectivity index (χ4n) is 8.12. The standard InChI is InChI=1S/C33H35N5O5/c1-32(35-29(39)21-15-23-22-10-6-11-24-28(22)20(17-34-24)16-25(23)36(2)18-21)31(41)38-26(14-19-8-4-3-5-9-19)30(40)37-13-7-12-27(37)33(38,42)43-32/h3-6,8-11,15,17,21,25-27,34,42H,7,12-14,16,18H2,1-2H3,(H,35,39)/t21-,25+,26-,27+,32-,33-/m0/s1. The van der Waals surface area contributed by atoms with Gasteiger partial charge in [0, 0.05) is 42.7 Å². The summed E-state index contributed by atoms with van der Waals surface area (Å²) in [5, 5.41) is 16.1. The van der Waals surface area contributed by atoms with E-state index in [0.29, 0.717) is 25.9 Å². The second-order valence-electron chi connectivity index (χ2n) is 12.8. The number of likely N-dealkylation sites (N-methyl/N-ethyl adjacent to an activating group) is 1. The van der Waals surface area contributed by atoms with Gasteiger partial charge in [-0.25, -0.2) is 0 Å². The molecule has 10 nitrogen and oxygen atoms in total. The number of piperazine rings is 1. The molecule has 10 heteroatoms. The third-order valence-electron chi connectivity index (χ3n) is 10.1. The minimum absolute atomic E-state index is 0.144. The SMILES string of the molecule is CN1C[C@@H](C(=O)N[C@@]2(C)O[C@@]3(O)[C@H]4CCCN4C(=O)[C@H](Cc4ccccc4)N3C2=O)C=C2c3cccc4[nH]cc(c34)C[C@H]21. The Balaban J connectivity index is 1.11. The molecule has 3 fully saturated rings. The maximum absolute atomic E-state index is 14.2. The number of carbonyl (C=O) groups excluding carboxylic acids is 3. The number of carbonyl (C=O) groups is 3. The molecule has 3 aromatic rings. The monoisotopic (exact) mass is 581 g/mol. The van der Waals surface area contributed by atoms with Crippen molar-refractivity contribution in [3.63, 3.8) is 0 Å².